The third kappa shape index (κ3) is 3.02. The average molecular weight is 324 g/mol. The largest absolute Gasteiger partial charge is 0.365 e. The first-order valence-electron chi connectivity index (χ1n) is 7.26. The molecule has 0 spiro atoms. The van der Waals surface area contributed by atoms with Crippen LogP contribution in [0.2, 0.25) is 0 Å². The topological polar surface area (TPSA) is 66.9 Å². The van der Waals surface area contributed by atoms with Crippen molar-refractivity contribution in [3.63, 3.8) is 0 Å². The second-order valence-corrected chi connectivity index (χ2v) is 7.99. The van der Waals surface area contributed by atoms with Crippen molar-refractivity contribution >= 4 is 15.9 Å². The van der Waals surface area contributed by atoms with Gasteiger partial charge in [0.05, 0.1) is 18.4 Å². The smallest absolute Gasteiger partial charge is 0.249 e. The molecule has 0 aromatic heterocycles. The minimum absolute atomic E-state index is 0.0184. The molecular weight excluding hydrogens is 304 g/mol. The number of hydrogen-bond donors (Lipinski definition) is 0. The minimum Gasteiger partial charge on any atom is -0.365 e. The zero-order valence-corrected chi connectivity index (χ0v) is 13.5. The SMILES string of the molecule is Cc1cccc(CN2C(=O)CO[C@@H]3CN(S(C)(=O)=O)C[C@H]32)c1. The molecule has 7 heteroatoms. The van der Waals surface area contributed by atoms with E-state index in [0.717, 1.165) is 11.1 Å². The van der Waals surface area contributed by atoms with Gasteiger partial charge in [0.1, 0.15) is 6.61 Å². The van der Waals surface area contributed by atoms with Gasteiger partial charge in [-0.3, -0.25) is 4.79 Å². The second kappa shape index (κ2) is 5.64. The lowest BCUT2D eigenvalue weighted by atomic mass is 10.1. The Hall–Kier alpha value is -1.44. The van der Waals surface area contributed by atoms with Gasteiger partial charge in [-0.05, 0) is 12.5 Å². The third-order valence-electron chi connectivity index (χ3n) is 4.25. The van der Waals surface area contributed by atoms with E-state index in [1.807, 2.05) is 31.2 Å². The standard InChI is InChI=1S/C15H20N2O4S/c1-11-4-3-5-12(6-11)7-17-13-8-16(22(2,19)20)9-14(13)21-10-15(17)18/h3-6,13-14H,7-10H2,1-2H3/t13-,14-/m1/s1. The van der Waals surface area contributed by atoms with Crippen molar-refractivity contribution < 1.29 is 17.9 Å². The molecule has 0 unspecified atom stereocenters. The molecule has 0 radical (unpaired) electrons. The summed E-state index contributed by atoms with van der Waals surface area (Å²) in [6.07, 6.45) is 0.953. The summed E-state index contributed by atoms with van der Waals surface area (Å²) in [5, 5.41) is 0. The first-order valence-corrected chi connectivity index (χ1v) is 9.11. The fraction of sp³-hybridized carbons (Fsp3) is 0.533. The van der Waals surface area contributed by atoms with Gasteiger partial charge in [0.2, 0.25) is 15.9 Å². The molecule has 2 heterocycles. The summed E-state index contributed by atoms with van der Waals surface area (Å²) in [5.74, 6) is -0.0851. The number of sulfonamides is 1. The molecular formula is C15H20N2O4S. The summed E-state index contributed by atoms with van der Waals surface area (Å²) in [4.78, 5) is 14.0. The van der Waals surface area contributed by atoms with E-state index in [0.29, 0.717) is 19.6 Å². The van der Waals surface area contributed by atoms with Crippen LogP contribution in [0, 0.1) is 6.92 Å². The Balaban J connectivity index is 1.81. The Bertz CT molecular complexity index is 689. The van der Waals surface area contributed by atoms with Crippen molar-refractivity contribution in [2.24, 2.45) is 0 Å². The summed E-state index contributed by atoms with van der Waals surface area (Å²) in [6.45, 7) is 3.14. The van der Waals surface area contributed by atoms with Crippen molar-refractivity contribution in [3.05, 3.63) is 35.4 Å². The van der Waals surface area contributed by atoms with Crippen LogP contribution in [0.1, 0.15) is 11.1 Å². The first-order chi connectivity index (χ1) is 10.3. The Kier molecular flexibility index (Phi) is 3.96. The van der Waals surface area contributed by atoms with E-state index in [1.54, 1.807) is 4.90 Å². The lowest BCUT2D eigenvalue weighted by molar-refractivity contribution is -0.153. The highest BCUT2D eigenvalue weighted by Crippen LogP contribution is 2.26. The molecule has 1 aromatic carbocycles. The van der Waals surface area contributed by atoms with Crippen LogP contribution >= 0.6 is 0 Å². The maximum absolute atomic E-state index is 12.2. The molecule has 2 aliphatic rings. The molecule has 1 aromatic rings. The van der Waals surface area contributed by atoms with E-state index < -0.39 is 10.0 Å². The number of hydrogen-bond acceptors (Lipinski definition) is 4. The van der Waals surface area contributed by atoms with Crippen LogP contribution < -0.4 is 0 Å². The molecule has 1 amide bonds. The van der Waals surface area contributed by atoms with Crippen LogP contribution in [0.15, 0.2) is 24.3 Å². The average Bonchev–Trinajstić information content (AvgIpc) is 2.86. The van der Waals surface area contributed by atoms with Crippen LogP contribution in [-0.2, 0) is 26.1 Å². The van der Waals surface area contributed by atoms with Gasteiger partial charge >= 0.3 is 0 Å². The van der Waals surface area contributed by atoms with E-state index >= 15 is 0 Å². The predicted molar refractivity (Wildman–Crippen MR) is 81.7 cm³/mol. The molecule has 0 aliphatic carbocycles. The Morgan fingerprint density at radius 1 is 1.32 bits per heavy atom. The zero-order valence-electron chi connectivity index (χ0n) is 12.7. The van der Waals surface area contributed by atoms with Gasteiger partial charge in [-0.2, -0.15) is 4.31 Å². The van der Waals surface area contributed by atoms with Crippen LogP contribution in [0.3, 0.4) is 0 Å². The predicted octanol–water partition coefficient (Wildman–Crippen LogP) is 0.366. The number of rotatable bonds is 3. The number of fused-ring (bicyclic) bond motifs is 1. The zero-order chi connectivity index (χ0) is 15.9. The van der Waals surface area contributed by atoms with Gasteiger partial charge in [-0.1, -0.05) is 29.8 Å². The Labute approximate surface area is 130 Å². The summed E-state index contributed by atoms with van der Waals surface area (Å²) in [6, 6.07) is 7.78. The summed E-state index contributed by atoms with van der Waals surface area (Å²) in [5.41, 5.74) is 2.19. The van der Waals surface area contributed by atoms with E-state index in [-0.39, 0.29) is 24.7 Å². The highest BCUT2D eigenvalue weighted by Gasteiger charge is 2.45. The minimum atomic E-state index is -3.27. The molecule has 3 rings (SSSR count). The molecule has 2 fully saturated rings. The van der Waals surface area contributed by atoms with Gasteiger partial charge < -0.3 is 9.64 Å². The Morgan fingerprint density at radius 2 is 2.09 bits per heavy atom. The summed E-state index contributed by atoms with van der Waals surface area (Å²) in [7, 11) is -3.27. The molecule has 2 aliphatic heterocycles. The maximum Gasteiger partial charge on any atom is 0.249 e. The van der Waals surface area contributed by atoms with Gasteiger partial charge in [0.15, 0.2) is 0 Å². The van der Waals surface area contributed by atoms with E-state index in [2.05, 4.69) is 0 Å². The second-order valence-electron chi connectivity index (χ2n) is 6.01. The fourth-order valence-corrected chi connectivity index (χ4v) is 3.96. The molecule has 2 atom stereocenters. The maximum atomic E-state index is 12.2. The van der Waals surface area contributed by atoms with Crippen molar-refractivity contribution in [1.29, 1.82) is 0 Å². The van der Waals surface area contributed by atoms with Crippen molar-refractivity contribution in [2.75, 3.05) is 26.0 Å². The lowest BCUT2D eigenvalue weighted by Crippen LogP contribution is -2.53. The normalized spacial score (nSPS) is 26.3. The molecule has 2 saturated heterocycles. The van der Waals surface area contributed by atoms with Crippen LogP contribution in [-0.4, -0.2) is 61.6 Å². The number of benzene rings is 1. The number of nitrogens with zero attached hydrogens (tertiary/aromatic N) is 2. The monoisotopic (exact) mass is 324 g/mol. The third-order valence-corrected chi connectivity index (χ3v) is 5.49. The van der Waals surface area contributed by atoms with E-state index in [1.165, 1.54) is 10.6 Å². The fourth-order valence-electron chi connectivity index (χ4n) is 3.12. The first kappa shape index (κ1) is 15.5. The Morgan fingerprint density at radius 3 is 2.77 bits per heavy atom. The lowest BCUT2D eigenvalue weighted by Gasteiger charge is -2.36. The quantitative estimate of drug-likeness (QED) is 0.805. The van der Waals surface area contributed by atoms with Gasteiger partial charge in [0.25, 0.3) is 0 Å². The molecule has 0 bridgehead atoms. The van der Waals surface area contributed by atoms with Crippen LogP contribution in [0.4, 0.5) is 0 Å². The highest BCUT2D eigenvalue weighted by atomic mass is 32.2. The van der Waals surface area contributed by atoms with Crippen molar-refractivity contribution in [1.82, 2.24) is 9.21 Å². The van der Waals surface area contributed by atoms with Gasteiger partial charge in [-0.15, -0.1) is 0 Å². The summed E-state index contributed by atoms with van der Waals surface area (Å²) < 4.78 is 30.4. The molecule has 0 saturated carbocycles. The molecule has 22 heavy (non-hydrogen) atoms. The molecule has 0 N–H and O–H groups in total. The van der Waals surface area contributed by atoms with E-state index in [9.17, 15) is 13.2 Å². The number of amides is 1. The van der Waals surface area contributed by atoms with Gasteiger partial charge in [-0.25, -0.2) is 8.42 Å². The molecule has 120 valence electrons. The van der Waals surface area contributed by atoms with Crippen molar-refractivity contribution in [3.8, 4) is 0 Å². The number of morpholine rings is 1. The van der Waals surface area contributed by atoms with Crippen LogP contribution in [0.5, 0.6) is 0 Å². The van der Waals surface area contributed by atoms with Gasteiger partial charge in [0, 0.05) is 19.6 Å². The number of carbonyl (C=O) groups is 1. The van der Waals surface area contributed by atoms with E-state index in [4.69, 9.17) is 4.74 Å². The van der Waals surface area contributed by atoms with Crippen molar-refractivity contribution in [2.45, 2.75) is 25.6 Å². The van der Waals surface area contributed by atoms with Crippen LogP contribution in [0.25, 0.3) is 0 Å². The number of ether oxygens (including phenoxy) is 1. The summed E-state index contributed by atoms with van der Waals surface area (Å²) >= 11 is 0. The molecule has 6 nitrogen and oxygen atoms in total. The highest BCUT2D eigenvalue weighted by molar-refractivity contribution is 7.88. The number of aryl methyl sites for hydroxylation is 1. The number of carbonyl (C=O) groups excluding carboxylic acids is 1.